The lowest BCUT2D eigenvalue weighted by Gasteiger charge is -2.59. The van der Waals surface area contributed by atoms with Gasteiger partial charge in [-0.15, -0.1) is 0 Å². The molecule has 2 aromatic carbocycles. The van der Waals surface area contributed by atoms with Gasteiger partial charge in [0.15, 0.2) is 0 Å². The van der Waals surface area contributed by atoms with Crippen molar-refractivity contribution in [3.05, 3.63) is 69.7 Å². The van der Waals surface area contributed by atoms with Gasteiger partial charge in [0.2, 0.25) is 0 Å². The second-order valence-corrected chi connectivity index (χ2v) is 7.93. The van der Waals surface area contributed by atoms with E-state index in [1.807, 2.05) is 5.43 Å². The summed E-state index contributed by atoms with van der Waals surface area (Å²) in [5.74, 6) is 3.32. The van der Waals surface area contributed by atoms with Gasteiger partial charge in [0.05, 0.1) is 23.1 Å². The standard InChI is InChI=1S/C20H19ClF2N4O3/c21-14-5-11(3-4-15(14)22)17-20(10-30-17)8-27(9-20)19(29)25-7-13-2-1-12(6-16(13)23)18(28)26-24/h1-6,17H,7-10,24H2,(H,25,29)(H,26,28). The van der Waals surface area contributed by atoms with Crippen LogP contribution in [0.3, 0.4) is 0 Å². The third-order valence-electron chi connectivity index (χ3n) is 5.52. The van der Waals surface area contributed by atoms with Gasteiger partial charge in [0.25, 0.3) is 5.91 Å². The zero-order chi connectivity index (χ0) is 21.5. The first-order valence-electron chi connectivity index (χ1n) is 9.22. The first-order chi connectivity index (χ1) is 14.3. The van der Waals surface area contributed by atoms with Crippen LogP contribution >= 0.6 is 11.6 Å². The van der Waals surface area contributed by atoms with Crippen molar-refractivity contribution >= 4 is 23.5 Å². The fourth-order valence-corrected chi connectivity index (χ4v) is 4.03. The van der Waals surface area contributed by atoms with Crippen LogP contribution in [0.2, 0.25) is 5.02 Å². The lowest BCUT2D eigenvalue weighted by molar-refractivity contribution is -0.240. The maximum atomic E-state index is 14.1. The molecule has 0 aliphatic carbocycles. The molecule has 2 aliphatic heterocycles. The van der Waals surface area contributed by atoms with Gasteiger partial charge in [0.1, 0.15) is 11.6 Å². The van der Waals surface area contributed by atoms with Crippen LogP contribution in [0.4, 0.5) is 13.6 Å². The lowest BCUT2D eigenvalue weighted by atomic mass is 9.69. The molecule has 1 spiro atoms. The summed E-state index contributed by atoms with van der Waals surface area (Å²) < 4.78 is 33.2. The third kappa shape index (κ3) is 3.60. The molecular formula is C20H19ClF2N4O3. The monoisotopic (exact) mass is 436 g/mol. The summed E-state index contributed by atoms with van der Waals surface area (Å²) in [5, 5.41) is 2.70. The van der Waals surface area contributed by atoms with Crippen molar-refractivity contribution in [2.75, 3.05) is 19.7 Å². The van der Waals surface area contributed by atoms with Crippen molar-refractivity contribution < 1.29 is 23.1 Å². The SMILES string of the molecule is NNC(=O)c1ccc(CNC(=O)N2CC3(COC3c3ccc(F)c(Cl)c3)C2)c(F)c1. The third-order valence-corrected chi connectivity index (χ3v) is 5.80. The molecular weight excluding hydrogens is 418 g/mol. The molecule has 2 saturated heterocycles. The highest BCUT2D eigenvalue weighted by molar-refractivity contribution is 6.30. The number of amides is 3. The van der Waals surface area contributed by atoms with Crippen LogP contribution in [0.15, 0.2) is 36.4 Å². The van der Waals surface area contributed by atoms with Gasteiger partial charge in [-0.1, -0.05) is 23.7 Å². The predicted molar refractivity (Wildman–Crippen MR) is 104 cm³/mol. The summed E-state index contributed by atoms with van der Waals surface area (Å²) in [6.45, 7) is 1.41. The number of carbonyl (C=O) groups excluding carboxylic acids is 2. The summed E-state index contributed by atoms with van der Waals surface area (Å²) in [7, 11) is 0. The lowest BCUT2D eigenvalue weighted by Crippen LogP contribution is -2.69. The number of rotatable bonds is 4. The van der Waals surface area contributed by atoms with Crippen molar-refractivity contribution in [1.82, 2.24) is 15.6 Å². The molecule has 10 heteroatoms. The van der Waals surface area contributed by atoms with Crippen molar-refractivity contribution in [3.63, 3.8) is 0 Å². The highest BCUT2D eigenvalue weighted by Gasteiger charge is 2.58. The Labute approximate surface area is 176 Å². The molecule has 0 radical (unpaired) electrons. The van der Waals surface area contributed by atoms with E-state index in [-0.39, 0.29) is 40.2 Å². The molecule has 4 N–H and O–H groups in total. The molecule has 4 rings (SSSR count). The largest absolute Gasteiger partial charge is 0.372 e. The fourth-order valence-electron chi connectivity index (χ4n) is 3.84. The summed E-state index contributed by atoms with van der Waals surface area (Å²) in [4.78, 5) is 25.4. The number of hydrogen-bond donors (Lipinski definition) is 3. The second-order valence-electron chi connectivity index (χ2n) is 7.52. The van der Waals surface area contributed by atoms with Crippen molar-refractivity contribution in [3.8, 4) is 0 Å². The number of carbonyl (C=O) groups is 2. The van der Waals surface area contributed by atoms with E-state index in [9.17, 15) is 18.4 Å². The van der Waals surface area contributed by atoms with E-state index in [1.165, 1.54) is 18.2 Å². The Morgan fingerprint density at radius 3 is 2.57 bits per heavy atom. The summed E-state index contributed by atoms with van der Waals surface area (Å²) >= 11 is 5.86. The van der Waals surface area contributed by atoms with E-state index in [0.29, 0.717) is 19.7 Å². The number of urea groups is 1. The number of nitrogen functional groups attached to an aromatic ring is 1. The van der Waals surface area contributed by atoms with Gasteiger partial charge in [-0.2, -0.15) is 0 Å². The van der Waals surface area contributed by atoms with Crippen molar-refractivity contribution in [2.24, 2.45) is 11.3 Å². The maximum absolute atomic E-state index is 14.1. The molecule has 3 amide bonds. The van der Waals surface area contributed by atoms with E-state index in [1.54, 1.807) is 17.0 Å². The molecule has 2 aromatic rings. The van der Waals surface area contributed by atoms with E-state index in [2.05, 4.69) is 5.32 Å². The van der Waals surface area contributed by atoms with Crippen LogP contribution in [0, 0.1) is 17.0 Å². The Morgan fingerprint density at radius 1 is 1.20 bits per heavy atom. The number of nitrogens with two attached hydrogens (primary N) is 1. The van der Waals surface area contributed by atoms with Crippen LogP contribution < -0.4 is 16.6 Å². The first-order valence-corrected chi connectivity index (χ1v) is 9.59. The van der Waals surface area contributed by atoms with Gasteiger partial charge in [-0.3, -0.25) is 10.2 Å². The summed E-state index contributed by atoms with van der Waals surface area (Å²) in [5.41, 5.74) is 2.82. The van der Waals surface area contributed by atoms with E-state index >= 15 is 0 Å². The molecule has 0 saturated carbocycles. The average Bonchev–Trinajstić information content (AvgIpc) is 2.67. The number of nitrogens with one attached hydrogen (secondary N) is 2. The minimum absolute atomic E-state index is 0.0216. The topological polar surface area (TPSA) is 96.7 Å². The minimum atomic E-state index is -0.614. The molecule has 30 heavy (non-hydrogen) atoms. The Bertz CT molecular complexity index is 1010. The van der Waals surface area contributed by atoms with Crippen LogP contribution in [-0.2, 0) is 11.3 Å². The fraction of sp³-hybridized carbons (Fsp3) is 0.300. The van der Waals surface area contributed by atoms with Crippen LogP contribution in [0.1, 0.15) is 27.6 Å². The number of ether oxygens (including phenoxy) is 1. The quantitative estimate of drug-likeness (QED) is 0.390. The molecule has 1 atom stereocenters. The van der Waals surface area contributed by atoms with E-state index in [0.717, 1.165) is 11.6 Å². The van der Waals surface area contributed by atoms with Gasteiger partial charge in [0, 0.05) is 30.8 Å². The highest BCUT2D eigenvalue weighted by atomic mass is 35.5. The average molecular weight is 437 g/mol. The van der Waals surface area contributed by atoms with Gasteiger partial charge < -0.3 is 15.0 Å². The van der Waals surface area contributed by atoms with Crippen LogP contribution in [0.5, 0.6) is 0 Å². The number of hydrazine groups is 1. The Morgan fingerprint density at radius 2 is 1.97 bits per heavy atom. The van der Waals surface area contributed by atoms with Gasteiger partial charge in [-0.05, 0) is 29.8 Å². The molecule has 2 heterocycles. The molecule has 2 fully saturated rings. The highest BCUT2D eigenvalue weighted by Crippen LogP contribution is 2.52. The number of hydrogen-bond acceptors (Lipinski definition) is 4. The molecule has 158 valence electrons. The van der Waals surface area contributed by atoms with Crippen molar-refractivity contribution in [1.29, 1.82) is 0 Å². The zero-order valence-electron chi connectivity index (χ0n) is 15.8. The van der Waals surface area contributed by atoms with Crippen LogP contribution in [-0.4, -0.2) is 36.5 Å². The summed E-state index contributed by atoms with van der Waals surface area (Å²) in [6.07, 6.45) is -0.252. The number of benzene rings is 2. The molecule has 2 aliphatic rings. The van der Waals surface area contributed by atoms with Crippen LogP contribution in [0.25, 0.3) is 0 Å². The normalized spacial score (nSPS) is 19.1. The smallest absolute Gasteiger partial charge is 0.317 e. The molecule has 1 unspecified atom stereocenters. The first kappa shape index (κ1) is 20.5. The van der Waals surface area contributed by atoms with E-state index in [4.69, 9.17) is 22.2 Å². The number of nitrogens with zero attached hydrogens (tertiary/aromatic N) is 1. The van der Waals surface area contributed by atoms with Crippen molar-refractivity contribution in [2.45, 2.75) is 12.6 Å². The minimum Gasteiger partial charge on any atom is -0.372 e. The van der Waals surface area contributed by atoms with Gasteiger partial charge >= 0.3 is 6.03 Å². The Balaban J connectivity index is 1.32. The maximum Gasteiger partial charge on any atom is 0.317 e. The summed E-state index contributed by atoms with van der Waals surface area (Å²) in [6, 6.07) is 8.06. The predicted octanol–water partition coefficient (Wildman–Crippen LogP) is 2.50. The molecule has 0 bridgehead atoms. The molecule has 7 nitrogen and oxygen atoms in total. The zero-order valence-corrected chi connectivity index (χ0v) is 16.5. The van der Waals surface area contributed by atoms with Gasteiger partial charge in [-0.25, -0.2) is 19.4 Å². The molecule has 0 aromatic heterocycles. The number of halogens is 3. The Hall–Kier alpha value is -2.75. The Kier molecular flexibility index (Phi) is 5.35. The second kappa shape index (κ2) is 7.82. The van der Waals surface area contributed by atoms with E-state index < -0.39 is 17.5 Å². The number of likely N-dealkylation sites (tertiary alicyclic amines) is 1.